The number of aliphatic hydroxyl groups excluding tert-OH is 1. The maximum Gasteiger partial charge on any atom is 0.358 e. The van der Waals surface area contributed by atoms with Gasteiger partial charge in [0.15, 0.2) is 17.2 Å². The highest BCUT2D eigenvalue weighted by molar-refractivity contribution is 8.00. The van der Waals surface area contributed by atoms with Crippen LogP contribution in [-0.4, -0.2) is 74.4 Å². The molecule has 3 aromatic rings. The smallest absolute Gasteiger partial charge is 0.358 e. The van der Waals surface area contributed by atoms with Gasteiger partial charge in [0.25, 0.3) is 5.91 Å². The van der Waals surface area contributed by atoms with Gasteiger partial charge in [0, 0.05) is 11.3 Å². The number of carbonyl (C=O) groups excluding carboxylic acids is 3. The molecule has 0 saturated carbocycles. The molecule has 2 amide bonds. The molecule has 2 aromatic carbocycles. The maximum atomic E-state index is 12.7. The van der Waals surface area contributed by atoms with E-state index in [0.29, 0.717) is 12.5 Å². The van der Waals surface area contributed by atoms with Gasteiger partial charge < -0.3 is 33.9 Å². The largest absolute Gasteiger partial charge is 0.616 e. The standard InChI is InChI=1S/C21H20N2O6S2.C18H28O3S/c1-28-13-6-4-12(5-7-13)10-29-21(27)18-15(24)11-31-20-17(19(26)23(18)20)22-16(25)9-14-3-2-8-30-14;1-3-4-5-6-7-8-11-22(19)15(2)12-16-9-10-17-18(13-16)21-14-20-17/h2-8,17,20,24H,9-11H2,1H3,(H,22,25);9-10,13,15H,3-8,11-12,14H2,1-2H3/t17?,20-;/m1./s1. The lowest BCUT2D eigenvalue weighted by atomic mass is 10.0. The van der Waals surface area contributed by atoms with Crippen molar-refractivity contribution in [1.82, 2.24) is 10.2 Å². The van der Waals surface area contributed by atoms with Crippen molar-refractivity contribution in [2.75, 3.05) is 25.4 Å². The van der Waals surface area contributed by atoms with Crippen molar-refractivity contribution in [2.45, 2.75) is 88.5 Å². The van der Waals surface area contributed by atoms with Gasteiger partial charge in [-0.15, -0.1) is 23.1 Å². The number of nitrogens with one attached hydrogen (secondary N) is 1. The third-order valence-electron chi connectivity index (χ3n) is 9.01. The Morgan fingerprint density at radius 3 is 2.53 bits per heavy atom. The predicted octanol–water partition coefficient (Wildman–Crippen LogP) is 6.67. The lowest BCUT2D eigenvalue weighted by Gasteiger charge is -2.48. The third kappa shape index (κ3) is 11.1. The van der Waals surface area contributed by atoms with Crippen LogP contribution in [0.3, 0.4) is 0 Å². The van der Waals surface area contributed by atoms with Gasteiger partial charge in [-0.3, -0.25) is 14.5 Å². The molecule has 3 aliphatic heterocycles. The Bertz CT molecular complexity index is 1700. The van der Waals surface area contributed by atoms with Crippen molar-refractivity contribution in [3.63, 3.8) is 0 Å². The molecule has 3 aliphatic rings. The second-order valence-corrected chi connectivity index (χ2v) is 17.1. The van der Waals surface area contributed by atoms with Gasteiger partial charge >= 0.3 is 5.97 Å². The van der Waals surface area contributed by atoms with Gasteiger partial charge in [-0.2, -0.15) is 0 Å². The van der Waals surface area contributed by atoms with Crippen LogP contribution in [0.25, 0.3) is 0 Å². The quantitative estimate of drug-likeness (QED) is 0.0659. The number of thiophene rings is 1. The number of hydrogen-bond acceptors (Lipinski definition) is 11. The zero-order chi connectivity index (χ0) is 37.7. The van der Waals surface area contributed by atoms with E-state index < -0.39 is 34.5 Å². The molecular formula is C39H48N2O9S3. The van der Waals surface area contributed by atoms with E-state index in [0.717, 1.165) is 40.5 Å². The molecule has 14 heteroatoms. The number of β-lactam (4-membered cyclic amide) rings is 1. The van der Waals surface area contributed by atoms with Gasteiger partial charge in [-0.25, -0.2) is 4.79 Å². The molecule has 1 fully saturated rings. The molecule has 3 unspecified atom stereocenters. The van der Waals surface area contributed by atoms with Crippen molar-refractivity contribution in [3.8, 4) is 17.2 Å². The van der Waals surface area contributed by atoms with Crippen molar-refractivity contribution < 1.29 is 43.0 Å². The molecule has 0 radical (unpaired) electrons. The number of hydrogen-bond donors (Lipinski definition) is 2. The average molecular weight is 785 g/mol. The van der Waals surface area contributed by atoms with Crippen molar-refractivity contribution in [2.24, 2.45) is 0 Å². The number of esters is 1. The maximum absolute atomic E-state index is 12.7. The summed E-state index contributed by atoms with van der Waals surface area (Å²) in [6.45, 7) is 4.60. The Morgan fingerprint density at radius 1 is 1.06 bits per heavy atom. The molecule has 53 heavy (non-hydrogen) atoms. The average Bonchev–Trinajstić information content (AvgIpc) is 3.86. The molecule has 11 nitrogen and oxygen atoms in total. The first-order valence-electron chi connectivity index (χ1n) is 17.9. The molecule has 0 bridgehead atoms. The predicted molar refractivity (Wildman–Crippen MR) is 208 cm³/mol. The number of fused-ring (bicyclic) bond motifs is 2. The summed E-state index contributed by atoms with van der Waals surface area (Å²) in [6, 6.07) is 16.0. The summed E-state index contributed by atoms with van der Waals surface area (Å²) >= 11 is 2.01. The summed E-state index contributed by atoms with van der Waals surface area (Å²) in [5, 5.41) is 14.6. The number of ether oxygens (including phenoxy) is 4. The Balaban J connectivity index is 0.000000217. The second-order valence-electron chi connectivity index (χ2n) is 13.0. The van der Waals surface area contributed by atoms with E-state index >= 15 is 0 Å². The minimum atomic E-state index is -0.782. The Morgan fingerprint density at radius 2 is 1.79 bits per heavy atom. The number of carbonyl (C=O) groups is 3. The fraction of sp³-hybridized carbons (Fsp3) is 0.462. The van der Waals surface area contributed by atoms with Crippen molar-refractivity contribution in [3.05, 3.63) is 87.4 Å². The normalized spacial score (nSPS) is 18.3. The fourth-order valence-electron chi connectivity index (χ4n) is 6.05. The van der Waals surface area contributed by atoms with Gasteiger partial charge in [0.1, 0.15) is 40.5 Å². The molecular weight excluding hydrogens is 737 g/mol. The third-order valence-corrected chi connectivity index (χ3v) is 12.9. The van der Waals surface area contributed by atoms with E-state index in [1.807, 2.05) is 35.7 Å². The zero-order valence-electron chi connectivity index (χ0n) is 30.4. The zero-order valence-corrected chi connectivity index (χ0v) is 32.8. The number of methoxy groups -OCH3 is 1. The molecule has 0 spiro atoms. The lowest BCUT2D eigenvalue weighted by molar-refractivity contribution is -0.153. The van der Waals surface area contributed by atoms with E-state index in [1.165, 1.54) is 65.7 Å². The monoisotopic (exact) mass is 784 g/mol. The number of nitrogens with zero attached hydrogens (tertiary/aromatic N) is 1. The molecule has 2 N–H and O–H groups in total. The molecule has 4 atom stereocenters. The number of aliphatic hydroxyl groups is 1. The van der Waals surface area contributed by atoms with E-state index in [2.05, 4.69) is 19.2 Å². The van der Waals surface area contributed by atoms with Crippen LogP contribution in [0.1, 0.15) is 68.4 Å². The van der Waals surface area contributed by atoms with Crippen LogP contribution in [0.5, 0.6) is 17.2 Å². The number of amides is 2. The van der Waals surface area contributed by atoms with E-state index in [1.54, 1.807) is 31.4 Å². The molecule has 0 aliphatic carbocycles. The summed E-state index contributed by atoms with van der Waals surface area (Å²) in [6.07, 6.45) is 8.51. The van der Waals surface area contributed by atoms with E-state index in [-0.39, 0.29) is 41.4 Å². The summed E-state index contributed by atoms with van der Waals surface area (Å²) in [7, 11) is 1.56. The van der Waals surface area contributed by atoms with Crippen LogP contribution < -0.4 is 19.5 Å². The fourth-order valence-corrected chi connectivity index (χ4v) is 9.22. The number of unbranched alkanes of at least 4 members (excludes halogenated alkanes) is 5. The molecule has 1 saturated heterocycles. The van der Waals surface area contributed by atoms with Gasteiger partial charge in [0.05, 0.1) is 19.3 Å². The van der Waals surface area contributed by atoms with E-state index in [4.69, 9.17) is 18.9 Å². The Kier molecular flexibility index (Phi) is 15.2. The molecule has 286 valence electrons. The summed E-state index contributed by atoms with van der Waals surface area (Å²) in [4.78, 5) is 39.7. The van der Waals surface area contributed by atoms with Crippen LogP contribution in [-0.2, 0) is 49.7 Å². The lowest BCUT2D eigenvalue weighted by Crippen LogP contribution is -2.70. The number of rotatable bonds is 17. The van der Waals surface area contributed by atoms with Gasteiger partial charge in [-0.1, -0.05) is 68.0 Å². The minimum absolute atomic E-state index is 0.0135. The SMILES string of the molecule is CCCCCCCC[S+]([O-])C(C)Cc1ccc2c(c1)OCO2.COc1ccc(COC(=O)C2=C(O)CS[C@@H]3C(NC(=O)Cc4cccs4)C(=O)N23)cc1. The Hall–Kier alpha value is -3.85. The minimum Gasteiger partial charge on any atom is -0.616 e. The van der Waals surface area contributed by atoms with Crippen LogP contribution in [0, 0.1) is 0 Å². The van der Waals surface area contributed by atoms with E-state index in [9.17, 15) is 24.0 Å². The number of benzene rings is 2. The van der Waals surface area contributed by atoms with Crippen LogP contribution >= 0.6 is 23.1 Å². The van der Waals surface area contributed by atoms with Crippen LogP contribution in [0.15, 0.2) is 71.4 Å². The molecule has 6 rings (SSSR count). The first-order chi connectivity index (χ1) is 25.7. The van der Waals surface area contributed by atoms with Gasteiger partial charge in [-0.05, 0) is 66.6 Å². The molecule has 1 aromatic heterocycles. The summed E-state index contributed by atoms with van der Waals surface area (Å²) in [5.41, 5.74) is 1.75. The Labute approximate surface area is 322 Å². The van der Waals surface area contributed by atoms with Crippen molar-refractivity contribution >= 4 is 52.1 Å². The highest BCUT2D eigenvalue weighted by atomic mass is 32.2. The highest BCUT2D eigenvalue weighted by Gasteiger charge is 2.54. The van der Waals surface area contributed by atoms with Crippen molar-refractivity contribution in [1.29, 1.82) is 0 Å². The summed E-state index contributed by atoms with van der Waals surface area (Å²) in [5.74, 6) is 1.59. The topological polar surface area (TPSA) is 147 Å². The van der Waals surface area contributed by atoms with Gasteiger partial charge in [0.2, 0.25) is 12.7 Å². The second kappa shape index (κ2) is 20.0. The first kappa shape index (κ1) is 40.3. The first-order valence-corrected chi connectivity index (χ1v) is 21.2. The highest BCUT2D eigenvalue weighted by Crippen LogP contribution is 2.40. The molecule has 4 heterocycles. The van der Waals surface area contributed by atoms with Crippen LogP contribution in [0.4, 0.5) is 0 Å². The number of thioether (sulfide) groups is 1. The summed E-state index contributed by atoms with van der Waals surface area (Å²) < 4.78 is 33.4. The van der Waals surface area contributed by atoms with Crippen LogP contribution in [0.2, 0.25) is 0 Å².